The highest BCUT2D eigenvalue weighted by atomic mass is 35.5. The Bertz CT molecular complexity index is 1140. The molecule has 3 aromatic rings. The van der Waals surface area contributed by atoms with Gasteiger partial charge in [0.25, 0.3) is 10.0 Å². The number of carbonyl (C=O) groups excluding carboxylic acids is 1. The summed E-state index contributed by atoms with van der Waals surface area (Å²) in [5, 5.41) is 3.54. The lowest BCUT2D eigenvalue weighted by molar-refractivity contribution is -0.119. The Kier molecular flexibility index (Phi) is 8.61. The lowest BCUT2D eigenvalue weighted by Gasteiger charge is -2.24. The third kappa shape index (κ3) is 6.51. The third-order valence-electron chi connectivity index (χ3n) is 4.72. The van der Waals surface area contributed by atoms with Crippen LogP contribution in [0.3, 0.4) is 0 Å². The van der Waals surface area contributed by atoms with Gasteiger partial charge in [-0.05, 0) is 42.8 Å². The Balaban J connectivity index is 1.62. The predicted octanol–water partition coefficient (Wildman–Crippen LogP) is 4.89. The van der Waals surface area contributed by atoms with Gasteiger partial charge in [0.15, 0.2) is 0 Å². The van der Waals surface area contributed by atoms with Gasteiger partial charge in [0.1, 0.15) is 6.54 Å². The van der Waals surface area contributed by atoms with Crippen molar-refractivity contribution in [2.24, 2.45) is 0 Å². The summed E-state index contributed by atoms with van der Waals surface area (Å²) in [7, 11) is -3.89. The Hall–Kier alpha value is -2.48. The van der Waals surface area contributed by atoms with Crippen molar-refractivity contribution in [2.75, 3.05) is 23.1 Å². The lowest BCUT2D eigenvalue weighted by Crippen LogP contribution is -2.41. The summed E-state index contributed by atoms with van der Waals surface area (Å²) in [6.45, 7) is 2.03. The topological polar surface area (TPSA) is 66.5 Å². The first-order chi connectivity index (χ1) is 15.4. The van der Waals surface area contributed by atoms with Crippen molar-refractivity contribution in [2.45, 2.75) is 17.6 Å². The number of para-hydroxylation sites is 1. The van der Waals surface area contributed by atoms with E-state index in [2.05, 4.69) is 5.32 Å². The minimum atomic E-state index is -3.89. The van der Waals surface area contributed by atoms with Crippen molar-refractivity contribution >= 4 is 45.0 Å². The molecule has 5 nitrogen and oxygen atoms in total. The predicted molar refractivity (Wildman–Crippen MR) is 133 cm³/mol. The number of anilines is 1. The third-order valence-corrected chi connectivity index (χ3v) is 7.89. The van der Waals surface area contributed by atoms with Crippen LogP contribution in [0, 0.1) is 6.92 Å². The first kappa shape index (κ1) is 24.2. The minimum Gasteiger partial charge on any atom is -0.354 e. The molecule has 32 heavy (non-hydrogen) atoms. The molecule has 3 aromatic carbocycles. The van der Waals surface area contributed by atoms with Crippen LogP contribution in [-0.2, 0) is 20.6 Å². The molecule has 168 valence electrons. The number of aryl methyl sites for hydroxylation is 1. The zero-order chi connectivity index (χ0) is 23.0. The zero-order valence-electron chi connectivity index (χ0n) is 17.7. The number of nitrogens with zero attached hydrogens (tertiary/aromatic N) is 1. The molecule has 0 heterocycles. The molecule has 8 heteroatoms. The molecule has 1 N–H and O–H groups in total. The van der Waals surface area contributed by atoms with Crippen LogP contribution < -0.4 is 9.62 Å². The molecule has 0 saturated carbocycles. The van der Waals surface area contributed by atoms with Crippen molar-refractivity contribution < 1.29 is 13.2 Å². The minimum absolute atomic E-state index is 0.148. The highest BCUT2D eigenvalue weighted by Crippen LogP contribution is 2.24. The molecule has 0 saturated heterocycles. The van der Waals surface area contributed by atoms with Crippen LogP contribution in [0.1, 0.15) is 11.1 Å². The second kappa shape index (κ2) is 11.4. The van der Waals surface area contributed by atoms with E-state index in [4.69, 9.17) is 11.6 Å². The average Bonchev–Trinajstić information content (AvgIpc) is 2.79. The van der Waals surface area contributed by atoms with E-state index in [0.717, 1.165) is 26.2 Å². The fourth-order valence-corrected chi connectivity index (χ4v) is 5.56. The molecule has 0 aliphatic rings. The fraction of sp³-hybridized carbons (Fsp3) is 0.208. The van der Waals surface area contributed by atoms with E-state index in [1.807, 2.05) is 31.2 Å². The number of carbonyl (C=O) groups is 1. The first-order valence-electron chi connectivity index (χ1n) is 10.1. The summed E-state index contributed by atoms with van der Waals surface area (Å²) in [6.07, 6.45) is 0. The average molecular weight is 489 g/mol. The Morgan fingerprint density at radius 2 is 1.62 bits per heavy atom. The van der Waals surface area contributed by atoms with E-state index in [9.17, 15) is 13.2 Å². The monoisotopic (exact) mass is 488 g/mol. The Labute approximate surface area is 198 Å². The number of halogens is 1. The highest BCUT2D eigenvalue weighted by Gasteiger charge is 2.26. The van der Waals surface area contributed by atoms with Gasteiger partial charge in [-0.25, -0.2) is 8.42 Å². The maximum Gasteiger partial charge on any atom is 0.264 e. The zero-order valence-corrected chi connectivity index (χ0v) is 20.1. The van der Waals surface area contributed by atoms with Gasteiger partial charge in [0.2, 0.25) is 5.91 Å². The molecule has 0 aliphatic heterocycles. The second-order valence-corrected chi connectivity index (χ2v) is 10.5. The molecule has 0 aromatic heterocycles. The molecule has 3 rings (SSSR count). The van der Waals surface area contributed by atoms with Gasteiger partial charge < -0.3 is 5.32 Å². The largest absolute Gasteiger partial charge is 0.354 e. The van der Waals surface area contributed by atoms with Crippen LogP contribution >= 0.6 is 23.4 Å². The van der Waals surface area contributed by atoms with Crippen molar-refractivity contribution in [3.05, 3.63) is 95.0 Å². The van der Waals surface area contributed by atoms with E-state index < -0.39 is 10.0 Å². The molecular weight excluding hydrogens is 464 g/mol. The van der Waals surface area contributed by atoms with Crippen LogP contribution in [0.4, 0.5) is 5.69 Å². The SMILES string of the molecule is Cc1ccc(S(=O)(=O)N(CC(=O)NCCSCc2ccccc2Cl)c2ccccc2)cc1. The number of sulfonamides is 1. The quantitative estimate of drug-likeness (QED) is 0.412. The second-order valence-electron chi connectivity index (χ2n) is 7.15. The molecular formula is C24H25ClN2O3S2. The van der Waals surface area contributed by atoms with Gasteiger partial charge >= 0.3 is 0 Å². The molecule has 1 amide bonds. The van der Waals surface area contributed by atoms with Gasteiger partial charge in [-0.15, -0.1) is 0 Å². The summed E-state index contributed by atoms with van der Waals surface area (Å²) in [6, 6.07) is 22.9. The number of rotatable bonds is 10. The summed E-state index contributed by atoms with van der Waals surface area (Å²) < 4.78 is 27.7. The number of hydrogen-bond acceptors (Lipinski definition) is 4. The lowest BCUT2D eigenvalue weighted by atomic mass is 10.2. The molecule has 0 aliphatic carbocycles. The van der Waals surface area contributed by atoms with E-state index in [1.165, 1.54) is 0 Å². The highest BCUT2D eigenvalue weighted by molar-refractivity contribution is 7.98. The van der Waals surface area contributed by atoms with E-state index in [-0.39, 0.29) is 17.3 Å². The van der Waals surface area contributed by atoms with Crippen LogP contribution in [-0.4, -0.2) is 33.2 Å². The number of benzene rings is 3. The van der Waals surface area contributed by atoms with Gasteiger partial charge in [-0.1, -0.05) is 65.7 Å². The standard InChI is InChI=1S/C24H25ClN2O3S2/c1-19-11-13-22(14-12-19)32(29,30)27(21-8-3-2-4-9-21)17-24(28)26-15-16-31-18-20-7-5-6-10-23(20)25/h2-14H,15-18H2,1H3,(H,26,28). The van der Waals surface area contributed by atoms with Crippen LogP contribution in [0.2, 0.25) is 5.02 Å². The van der Waals surface area contributed by atoms with Gasteiger partial charge in [-0.3, -0.25) is 9.10 Å². The maximum atomic E-state index is 13.3. The number of hydrogen-bond donors (Lipinski definition) is 1. The van der Waals surface area contributed by atoms with Crippen LogP contribution in [0.5, 0.6) is 0 Å². The molecule has 0 atom stereocenters. The maximum absolute atomic E-state index is 13.3. The first-order valence-corrected chi connectivity index (χ1v) is 13.1. The van der Waals surface area contributed by atoms with Crippen LogP contribution in [0.15, 0.2) is 83.8 Å². The Morgan fingerprint density at radius 1 is 0.969 bits per heavy atom. The normalized spacial score (nSPS) is 11.2. The van der Waals surface area contributed by atoms with Crippen LogP contribution in [0.25, 0.3) is 0 Å². The number of amides is 1. The molecule has 0 bridgehead atoms. The van der Waals surface area contributed by atoms with Crippen molar-refractivity contribution in [3.63, 3.8) is 0 Å². The summed E-state index contributed by atoms with van der Waals surface area (Å²) >= 11 is 7.81. The van der Waals surface area contributed by atoms with Gasteiger partial charge in [-0.2, -0.15) is 11.8 Å². The van der Waals surface area contributed by atoms with E-state index in [0.29, 0.717) is 18.0 Å². The van der Waals surface area contributed by atoms with E-state index in [1.54, 1.807) is 66.4 Å². The molecule has 0 fully saturated rings. The Morgan fingerprint density at radius 3 is 2.31 bits per heavy atom. The summed E-state index contributed by atoms with van der Waals surface area (Å²) in [5.41, 5.74) is 2.45. The van der Waals surface area contributed by atoms with E-state index >= 15 is 0 Å². The van der Waals surface area contributed by atoms with Crippen molar-refractivity contribution in [1.82, 2.24) is 5.32 Å². The van der Waals surface area contributed by atoms with Gasteiger partial charge in [0.05, 0.1) is 10.6 Å². The summed E-state index contributed by atoms with van der Waals surface area (Å²) in [4.78, 5) is 12.7. The number of thioether (sulfide) groups is 1. The molecule has 0 spiro atoms. The smallest absolute Gasteiger partial charge is 0.264 e. The molecule has 0 unspecified atom stereocenters. The van der Waals surface area contributed by atoms with Crippen molar-refractivity contribution in [1.29, 1.82) is 0 Å². The fourth-order valence-electron chi connectivity index (χ4n) is 2.99. The van der Waals surface area contributed by atoms with Crippen molar-refractivity contribution in [3.8, 4) is 0 Å². The summed E-state index contributed by atoms with van der Waals surface area (Å²) in [5.74, 6) is 1.07. The van der Waals surface area contributed by atoms with Gasteiger partial charge in [0, 0.05) is 23.1 Å². The molecule has 0 radical (unpaired) electrons. The number of nitrogens with one attached hydrogen (secondary N) is 1.